The summed E-state index contributed by atoms with van der Waals surface area (Å²) in [5, 5.41) is 9.81. The van der Waals surface area contributed by atoms with Gasteiger partial charge in [0.1, 0.15) is 12.3 Å². The van der Waals surface area contributed by atoms with E-state index < -0.39 is 70.4 Å². The lowest BCUT2D eigenvalue weighted by molar-refractivity contribution is -0.0490. The highest BCUT2D eigenvalue weighted by molar-refractivity contribution is 7.60. The maximum absolute atomic E-state index is 13.9. The fourth-order valence-electron chi connectivity index (χ4n) is 2.10. The minimum Gasteiger partial charge on any atom is -0.390 e. The summed E-state index contributed by atoms with van der Waals surface area (Å²) in [7, 11) is -10.5. The number of ether oxygens (including phenoxy) is 1. The molecular formula is C9H13F2N3O10P2. The number of hydrogen-bond acceptors (Lipinski definition) is 9. The monoisotopic (exact) mass is 423 g/mol. The van der Waals surface area contributed by atoms with Crippen molar-refractivity contribution in [3.8, 4) is 0 Å². The third-order valence-corrected chi connectivity index (χ3v) is 5.30. The lowest BCUT2D eigenvalue weighted by Crippen LogP contribution is -2.32. The summed E-state index contributed by atoms with van der Waals surface area (Å²) < 4.78 is 62.2. The fraction of sp³-hybridized carbons (Fsp3) is 0.556. The lowest BCUT2D eigenvalue weighted by Gasteiger charge is -2.18. The molecule has 0 amide bonds. The Hall–Kier alpha value is -1.28. The quantitative estimate of drug-likeness (QED) is 0.275. The van der Waals surface area contributed by atoms with Crippen LogP contribution in [0.1, 0.15) is 12.6 Å². The van der Waals surface area contributed by atoms with Crippen molar-refractivity contribution >= 4 is 21.5 Å². The molecule has 1 unspecified atom stereocenters. The van der Waals surface area contributed by atoms with E-state index in [1.54, 1.807) is 0 Å². The molecule has 13 nitrogen and oxygen atoms in total. The molecule has 0 saturated carbocycles. The number of rotatable bonds is 6. The highest BCUT2D eigenvalue weighted by Gasteiger charge is 2.40. The maximum Gasteiger partial charge on any atom is 0.481 e. The summed E-state index contributed by atoms with van der Waals surface area (Å²) in [5.41, 5.74) is 3.70. The number of nitrogens with two attached hydrogens (primary N) is 1. The van der Waals surface area contributed by atoms with Gasteiger partial charge in [0.05, 0.1) is 12.7 Å². The molecule has 0 aliphatic carbocycles. The Labute approximate surface area is 142 Å². The molecule has 6 N–H and O–H groups in total. The second kappa shape index (κ2) is 7.38. The smallest absolute Gasteiger partial charge is 0.390 e. The predicted octanol–water partition coefficient (Wildman–Crippen LogP) is -1.02. The van der Waals surface area contributed by atoms with Crippen LogP contribution in [0.5, 0.6) is 0 Å². The van der Waals surface area contributed by atoms with E-state index in [4.69, 9.17) is 25.2 Å². The van der Waals surface area contributed by atoms with Crippen molar-refractivity contribution in [3.63, 3.8) is 0 Å². The average molecular weight is 423 g/mol. The van der Waals surface area contributed by atoms with Gasteiger partial charge < -0.3 is 30.3 Å². The minimum atomic E-state index is -5.35. The van der Waals surface area contributed by atoms with E-state index in [0.717, 1.165) is 0 Å². The van der Waals surface area contributed by atoms with E-state index in [9.17, 15) is 27.8 Å². The number of nitrogens with zero attached hydrogens (tertiary/aromatic N) is 2. The Morgan fingerprint density at radius 3 is 2.54 bits per heavy atom. The number of phosphoric ester groups is 1. The SMILES string of the molecule is Nc1nc(=O)n([C@H]2C[C@H](O)[C@@H](COP(=O)(O)OP(=O)(O)O)O2)c(F)c1F. The Bertz CT molecular complexity index is 844. The molecule has 4 atom stereocenters. The van der Waals surface area contributed by atoms with E-state index >= 15 is 0 Å². The molecule has 1 saturated heterocycles. The summed E-state index contributed by atoms with van der Waals surface area (Å²) in [6, 6.07) is 0. The highest BCUT2D eigenvalue weighted by Crippen LogP contribution is 2.57. The number of nitrogen functional groups attached to an aromatic ring is 1. The fourth-order valence-corrected chi connectivity index (χ4v) is 3.70. The molecule has 1 fully saturated rings. The number of phosphoric acid groups is 2. The summed E-state index contributed by atoms with van der Waals surface area (Å²) >= 11 is 0. The van der Waals surface area contributed by atoms with Gasteiger partial charge in [-0.1, -0.05) is 0 Å². The van der Waals surface area contributed by atoms with Crippen molar-refractivity contribution in [3.05, 3.63) is 22.2 Å². The number of anilines is 1. The second-order valence-corrected chi connectivity index (χ2v) is 7.85. The molecular weight excluding hydrogens is 410 g/mol. The molecule has 1 aliphatic heterocycles. The molecule has 2 rings (SSSR count). The molecule has 0 spiro atoms. The normalized spacial score (nSPS) is 26.0. The van der Waals surface area contributed by atoms with E-state index in [0.29, 0.717) is 0 Å². The molecule has 0 radical (unpaired) electrons. The van der Waals surface area contributed by atoms with E-state index in [1.807, 2.05) is 0 Å². The maximum atomic E-state index is 13.9. The van der Waals surface area contributed by atoms with Crippen molar-refractivity contribution in [2.75, 3.05) is 12.3 Å². The Balaban J connectivity index is 2.12. The number of aromatic nitrogens is 2. The molecule has 148 valence electrons. The van der Waals surface area contributed by atoms with Crippen LogP contribution >= 0.6 is 15.6 Å². The molecule has 0 bridgehead atoms. The Morgan fingerprint density at radius 1 is 1.35 bits per heavy atom. The molecule has 1 aromatic rings. The zero-order valence-corrected chi connectivity index (χ0v) is 14.3. The van der Waals surface area contributed by atoms with Gasteiger partial charge in [0.15, 0.2) is 5.82 Å². The third kappa shape index (κ3) is 4.91. The minimum absolute atomic E-state index is 0.138. The van der Waals surface area contributed by atoms with Crippen molar-refractivity contribution in [2.24, 2.45) is 0 Å². The number of halogens is 2. The van der Waals surface area contributed by atoms with Crippen LogP contribution in [-0.2, 0) is 22.7 Å². The van der Waals surface area contributed by atoms with Crippen molar-refractivity contribution in [2.45, 2.75) is 24.9 Å². The largest absolute Gasteiger partial charge is 0.481 e. The Morgan fingerprint density at radius 2 is 1.96 bits per heavy atom. The highest BCUT2D eigenvalue weighted by atomic mass is 31.3. The first kappa shape index (κ1) is 21.0. The van der Waals surface area contributed by atoms with Crippen LogP contribution in [0.15, 0.2) is 4.79 Å². The van der Waals surface area contributed by atoms with E-state index in [1.165, 1.54) is 0 Å². The Kier molecular flexibility index (Phi) is 5.97. The van der Waals surface area contributed by atoms with Gasteiger partial charge in [-0.2, -0.15) is 18.1 Å². The summed E-state index contributed by atoms with van der Waals surface area (Å²) in [4.78, 5) is 40.8. The van der Waals surface area contributed by atoms with Crippen LogP contribution in [0.4, 0.5) is 14.6 Å². The first-order chi connectivity index (χ1) is 11.8. The van der Waals surface area contributed by atoms with Crippen LogP contribution in [0.3, 0.4) is 0 Å². The number of hydrogen-bond donors (Lipinski definition) is 5. The predicted molar refractivity (Wildman–Crippen MR) is 76.3 cm³/mol. The topological polar surface area (TPSA) is 204 Å². The van der Waals surface area contributed by atoms with Gasteiger partial charge in [-0.25, -0.2) is 18.5 Å². The third-order valence-electron chi connectivity index (χ3n) is 3.14. The standard InChI is InChI=1S/C9H13F2N3O10P2/c10-6-7(11)14(9(16)13-8(6)12)5-1-3(15)4(23-5)2-22-26(20,21)24-25(17,18)19/h3-5,15H,1-2H2,(H,20,21)(H2,12,13,16)(H2,17,18,19)/t3-,4+,5+/m0/s1. The van der Waals surface area contributed by atoms with Crippen molar-refractivity contribution in [1.29, 1.82) is 0 Å². The van der Waals surface area contributed by atoms with Gasteiger partial charge in [0, 0.05) is 6.42 Å². The van der Waals surface area contributed by atoms with Gasteiger partial charge in [-0.3, -0.25) is 4.52 Å². The first-order valence-corrected chi connectivity index (χ1v) is 9.64. The first-order valence-electron chi connectivity index (χ1n) is 6.61. The van der Waals surface area contributed by atoms with Crippen LogP contribution in [0, 0.1) is 11.8 Å². The van der Waals surface area contributed by atoms with Gasteiger partial charge >= 0.3 is 21.3 Å². The molecule has 2 heterocycles. The van der Waals surface area contributed by atoms with Crippen LogP contribution in [0.2, 0.25) is 0 Å². The number of aliphatic hydroxyl groups excluding tert-OH is 1. The molecule has 1 aliphatic rings. The average Bonchev–Trinajstić information content (AvgIpc) is 2.81. The van der Waals surface area contributed by atoms with Gasteiger partial charge in [0.25, 0.3) is 0 Å². The van der Waals surface area contributed by atoms with Gasteiger partial charge in [-0.15, -0.1) is 0 Å². The zero-order valence-electron chi connectivity index (χ0n) is 12.5. The van der Waals surface area contributed by atoms with E-state index in [2.05, 4.69) is 13.8 Å². The van der Waals surface area contributed by atoms with E-state index in [-0.39, 0.29) is 4.57 Å². The second-order valence-electron chi connectivity index (χ2n) is 5.02. The van der Waals surface area contributed by atoms with Crippen LogP contribution in [0.25, 0.3) is 0 Å². The summed E-state index contributed by atoms with van der Waals surface area (Å²) in [6.45, 7) is -0.924. The zero-order chi connectivity index (χ0) is 19.9. The molecule has 26 heavy (non-hydrogen) atoms. The van der Waals surface area contributed by atoms with Gasteiger partial charge in [0.2, 0.25) is 11.8 Å². The number of aliphatic hydroxyl groups is 1. The van der Waals surface area contributed by atoms with Crippen LogP contribution < -0.4 is 11.4 Å². The summed E-state index contributed by atoms with van der Waals surface area (Å²) in [6.07, 6.45) is -4.91. The molecule has 17 heteroatoms. The van der Waals surface area contributed by atoms with Gasteiger partial charge in [-0.05, 0) is 0 Å². The van der Waals surface area contributed by atoms with Crippen molar-refractivity contribution in [1.82, 2.24) is 9.55 Å². The molecule has 1 aromatic heterocycles. The van der Waals surface area contributed by atoms with Crippen LogP contribution in [-0.4, -0.2) is 48.2 Å². The summed E-state index contributed by atoms with van der Waals surface area (Å²) in [5.74, 6) is -4.28. The lowest BCUT2D eigenvalue weighted by atomic mass is 10.2. The van der Waals surface area contributed by atoms with Crippen molar-refractivity contribution < 1.29 is 51.3 Å². The molecule has 0 aromatic carbocycles.